The molecule has 0 radical (unpaired) electrons. The van der Waals surface area contributed by atoms with Gasteiger partial charge < -0.3 is 20.1 Å². The number of nitrogens with zero attached hydrogens (tertiary/aromatic N) is 1. The first-order valence-electron chi connectivity index (χ1n) is 8.95. The second kappa shape index (κ2) is 10.3. The van der Waals surface area contributed by atoms with Crippen LogP contribution in [0.15, 0.2) is 35.3 Å². The highest BCUT2D eigenvalue weighted by molar-refractivity contribution is 5.79. The van der Waals surface area contributed by atoms with E-state index in [0.717, 1.165) is 64.7 Å². The number of benzene rings is 1. The van der Waals surface area contributed by atoms with Crippen LogP contribution in [0.1, 0.15) is 31.7 Å². The van der Waals surface area contributed by atoms with Gasteiger partial charge in [-0.05, 0) is 31.7 Å². The Morgan fingerprint density at radius 2 is 1.96 bits per heavy atom. The smallest absolute Gasteiger partial charge is 0.191 e. The maximum absolute atomic E-state index is 5.60. The van der Waals surface area contributed by atoms with Gasteiger partial charge in [-0.3, -0.25) is 4.99 Å². The van der Waals surface area contributed by atoms with Gasteiger partial charge >= 0.3 is 0 Å². The lowest BCUT2D eigenvalue weighted by atomic mass is 9.74. The van der Waals surface area contributed by atoms with E-state index in [0.29, 0.717) is 0 Å². The van der Waals surface area contributed by atoms with E-state index in [1.54, 1.807) is 7.11 Å². The molecule has 2 rings (SSSR count). The normalized spacial score (nSPS) is 17.5. The van der Waals surface area contributed by atoms with E-state index in [9.17, 15) is 0 Å². The van der Waals surface area contributed by atoms with Crippen LogP contribution in [0.4, 0.5) is 0 Å². The number of aliphatic imine (C=N–C) groups is 1. The van der Waals surface area contributed by atoms with Crippen molar-refractivity contribution in [3.8, 4) is 0 Å². The molecule has 0 amide bonds. The lowest BCUT2D eigenvalue weighted by Crippen LogP contribution is -2.41. The number of nitrogens with one attached hydrogen (secondary N) is 2. The van der Waals surface area contributed by atoms with Crippen molar-refractivity contribution < 1.29 is 9.47 Å². The molecule has 0 aliphatic carbocycles. The first-order valence-corrected chi connectivity index (χ1v) is 8.95. The Bertz CT molecular complexity index is 485. The third kappa shape index (κ3) is 5.49. The van der Waals surface area contributed by atoms with Crippen molar-refractivity contribution >= 4 is 5.96 Å². The first kappa shape index (κ1) is 18.7. The number of rotatable bonds is 8. The van der Waals surface area contributed by atoms with Crippen LogP contribution >= 0.6 is 0 Å². The van der Waals surface area contributed by atoms with Crippen LogP contribution in [0.5, 0.6) is 0 Å². The van der Waals surface area contributed by atoms with Crippen molar-refractivity contribution in [2.75, 3.05) is 46.6 Å². The highest BCUT2D eigenvalue weighted by Crippen LogP contribution is 2.35. The minimum Gasteiger partial charge on any atom is -0.385 e. The molecular formula is C19H31N3O2. The summed E-state index contributed by atoms with van der Waals surface area (Å²) in [5.74, 6) is 0.885. The number of guanidine groups is 1. The summed E-state index contributed by atoms with van der Waals surface area (Å²) in [4.78, 5) is 4.88. The fourth-order valence-corrected chi connectivity index (χ4v) is 3.09. The summed E-state index contributed by atoms with van der Waals surface area (Å²) in [6.07, 6.45) is 3.01. The topological polar surface area (TPSA) is 54.9 Å². The third-order valence-corrected chi connectivity index (χ3v) is 4.54. The van der Waals surface area contributed by atoms with Gasteiger partial charge in [0.15, 0.2) is 5.96 Å². The molecule has 0 saturated carbocycles. The molecule has 134 valence electrons. The van der Waals surface area contributed by atoms with Crippen LogP contribution in [0.25, 0.3) is 0 Å². The van der Waals surface area contributed by atoms with Gasteiger partial charge in [-0.2, -0.15) is 0 Å². The predicted molar refractivity (Wildman–Crippen MR) is 98.6 cm³/mol. The highest BCUT2D eigenvalue weighted by Gasteiger charge is 2.34. The van der Waals surface area contributed by atoms with E-state index < -0.39 is 0 Å². The molecule has 1 aromatic rings. The molecule has 0 aromatic heterocycles. The van der Waals surface area contributed by atoms with Crippen molar-refractivity contribution in [1.29, 1.82) is 0 Å². The van der Waals surface area contributed by atoms with Gasteiger partial charge in [0.2, 0.25) is 0 Å². The van der Waals surface area contributed by atoms with Gasteiger partial charge in [0.1, 0.15) is 0 Å². The van der Waals surface area contributed by atoms with Crippen molar-refractivity contribution in [2.45, 2.75) is 31.6 Å². The molecule has 1 aromatic carbocycles. The van der Waals surface area contributed by atoms with E-state index in [-0.39, 0.29) is 5.41 Å². The van der Waals surface area contributed by atoms with Gasteiger partial charge in [-0.25, -0.2) is 0 Å². The average Bonchev–Trinajstić information content (AvgIpc) is 2.64. The van der Waals surface area contributed by atoms with Gasteiger partial charge in [0.05, 0.1) is 6.54 Å². The molecule has 0 bridgehead atoms. The maximum Gasteiger partial charge on any atom is 0.191 e. The third-order valence-electron chi connectivity index (χ3n) is 4.54. The molecule has 5 heteroatoms. The molecule has 24 heavy (non-hydrogen) atoms. The van der Waals surface area contributed by atoms with Crippen molar-refractivity contribution in [3.63, 3.8) is 0 Å². The van der Waals surface area contributed by atoms with E-state index in [1.165, 1.54) is 5.56 Å². The molecule has 1 heterocycles. The number of methoxy groups -OCH3 is 1. The molecular weight excluding hydrogens is 302 g/mol. The second-order valence-corrected chi connectivity index (χ2v) is 6.23. The highest BCUT2D eigenvalue weighted by atomic mass is 16.5. The van der Waals surface area contributed by atoms with E-state index in [2.05, 4.69) is 47.9 Å². The minimum atomic E-state index is 0.0778. The van der Waals surface area contributed by atoms with E-state index in [4.69, 9.17) is 14.5 Å². The molecule has 2 N–H and O–H groups in total. The van der Waals surface area contributed by atoms with Crippen molar-refractivity contribution in [1.82, 2.24) is 10.6 Å². The molecule has 1 aliphatic heterocycles. The molecule has 0 spiro atoms. The fraction of sp³-hybridized carbons (Fsp3) is 0.632. The Kier molecular flexibility index (Phi) is 8.05. The van der Waals surface area contributed by atoms with E-state index in [1.807, 2.05) is 0 Å². The molecule has 0 atom stereocenters. The van der Waals surface area contributed by atoms with Crippen molar-refractivity contribution in [3.05, 3.63) is 35.9 Å². The summed E-state index contributed by atoms with van der Waals surface area (Å²) >= 11 is 0. The van der Waals surface area contributed by atoms with Gasteiger partial charge in [-0.15, -0.1) is 0 Å². The van der Waals surface area contributed by atoms with Crippen LogP contribution in [0, 0.1) is 0 Å². The molecule has 1 aliphatic rings. The van der Waals surface area contributed by atoms with Crippen molar-refractivity contribution in [2.24, 2.45) is 4.99 Å². The standard InChI is InChI=1S/C19H31N3O2/c1-3-20-18(21-12-7-13-23-2)22-16-19(10-14-24-15-11-19)17-8-5-4-6-9-17/h4-6,8-9H,3,7,10-16H2,1-2H3,(H2,20,21,22). The monoisotopic (exact) mass is 333 g/mol. The Balaban J connectivity index is 2.06. The summed E-state index contributed by atoms with van der Waals surface area (Å²) in [5, 5.41) is 6.73. The van der Waals surface area contributed by atoms with Crippen LogP contribution < -0.4 is 10.6 Å². The predicted octanol–water partition coefficient (Wildman–Crippen LogP) is 2.33. The average molecular weight is 333 g/mol. The second-order valence-electron chi connectivity index (χ2n) is 6.23. The lowest BCUT2D eigenvalue weighted by Gasteiger charge is -2.36. The largest absolute Gasteiger partial charge is 0.385 e. The quantitative estimate of drug-likeness (QED) is 0.435. The molecule has 5 nitrogen and oxygen atoms in total. The summed E-state index contributed by atoms with van der Waals surface area (Å²) < 4.78 is 10.7. The van der Waals surface area contributed by atoms with Crippen LogP contribution in [0.3, 0.4) is 0 Å². The Morgan fingerprint density at radius 1 is 1.21 bits per heavy atom. The number of hydrogen-bond acceptors (Lipinski definition) is 3. The number of ether oxygens (including phenoxy) is 2. The fourth-order valence-electron chi connectivity index (χ4n) is 3.09. The Morgan fingerprint density at radius 3 is 2.62 bits per heavy atom. The Hall–Kier alpha value is -1.59. The minimum absolute atomic E-state index is 0.0778. The van der Waals surface area contributed by atoms with E-state index >= 15 is 0 Å². The summed E-state index contributed by atoms with van der Waals surface area (Å²) in [6, 6.07) is 10.7. The zero-order chi connectivity index (χ0) is 17.1. The summed E-state index contributed by atoms with van der Waals surface area (Å²) in [7, 11) is 1.73. The first-order chi connectivity index (χ1) is 11.8. The molecule has 1 fully saturated rings. The zero-order valence-corrected chi connectivity index (χ0v) is 15.0. The Labute approximate surface area is 145 Å². The lowest BCUT2D eigenvalue weighted by molar-refractivity contribution is 0.0531. The van der Waals surface area contributed by atoms with Gasteiger partial charge in [0.25, 0.3) is 0 Å². The summed E-state index contributed by atoms with van der Waals surface area (Å²) in [6.45, 7) is 6.97. The molecule has 1 saturated heterocycles. The zero-order valence-electron chi connectivity index (χ0n) is 15.0. The SMILES string of the molecule is CCNC(=NCC1(c2ccccc2)CCOCC1)NCCCOC. The van der Waals surface area contributed by atoms with Gasteiger partial charge in [-0.1, -0.05) is 30.3 Å². The van der Waals surface area contributed by atoms with Crippen LogP contribution in [0.2, 0.25) is 0 Å². The number of hydrogen-bond donors (Lipinski definition) is 2. The summed E-state index contributed by atoms with van der Waals surface area (Å²) in [5.41, 5.74) is 1.45. The van der Waals surface area contributed by atoms with Crippen LogP contribution in [-0.2, 0) is 14.9 Å². The maximum atomic E-state index is 5.60. The van der Waals surface area contributed by atoms with Gasteiger partial charge in [0, 0.05) is 45.4 Å². The molecule has 0 unspecified atom stereocenters. The van der Waals surface area contributed by atoms with Crippen LogP contribution in [-0.4, -0.2) is 52.5 Å².